The molecular formula is C8H12ClN3O. The van der Waals surface area contributed by atoms with Crippen molar-refractivity contribution in [1.29, 1.82) is 0 Å². The topological polar surface area (TPSA) is 50.1 Å². The third kappa shape index (κ3) is 1.45. The molecule has 2 rings (SSSR count). The summed E-state index contributed by atoms with van der Waals surface area (Å²) in [6.07, 6.45) is 2.02. The van der Waals surface area contributed by atoms with Crippen LogP contribution in [0.5, 0.6) is 0 Å². The van der Waals surface area contributed by atoms with Crippen molar-refractivity contribution in [3.63, 3.8) is 0 Å². The molecule has 0 aliphatic carbocycles. The van der Waals surface area contributed by atoms with Crippen LogP contribution in [0, 0.1) is 0 Å². The predicted molar refractivity (Wildman–Crippen MR) is 49.6 cm³/mol. The second-order valence-corrected chi connectivity index (χ2v) is 3.70. The highest BCUT2D eigenvalue weighted by Gasteiger charge is 2.30. The zero-order valence-electron chi connectivity index (χ0n) is 7.37. The van der Waals surface area contributed by atoms with Gasteiger partial charge >= 0.3 is 0 Å². The summed E-state index contributed by atoms with van der Waals surface area (Å²) in [5.74, 6) is 0. The molecular weight excluding hydrogens is 190 g/mol. The van der Waals surface area contributed by atoms with Gasteiger partial charge in [-0.15, -0.1) is 0 Å². The fourth-order valence-corrected chi connectivity index (χ4v) is 2.02. The predicted octanol–water partition coefficient (Wildman–Crippen LogP) is 0.469. The summed E-state index contributed by atoms with van der Waals surface area (Å²) in [6, 6.07) is -0.0694. The van der Waals surface area contributed by atoms with Gasteiger partial charge in [-0.05, 0) is 13.0 Å². The van der Waals surface area contributed by atoms with E-state index in [1.807, 2.05) is 7.05 Å². The van der Waals surface area contributed by atoms with Crippen molar-refractivity contribution >= 4 is 11.6 Å². The molecule has 1 aliphatic heterocycles. The SMILES string of the molecule is Cn1ncc(Cl)c1C1NCCC1O. The molecule has 1 fully saturated rings. The number of aromatic nitrogens is 2. The average molecular weight is 202 g/mol. The molecule has 4 nitrogen and oxygen atoms in total. The number of rotatable bonds is 1. The van der Waals surface area contributed by atoms with Gasteiger partial charge in [-0.3, -0.25) is 4.68 Å². The first-order chi connectivity index (χ1) is 6.20. The third-order valence-electron chi connectivity index (χ3n) is 2.42. The van der Waals surface area contributed by atoms with E-state index in [1.165, 1.54) is 0 Å². The minimum Gasteiger partial charge on any atom is -0.391 e. The molecule has 0 radical (unpaired) electrons. The molecule has 2 atom stereocenters. The number of nitrogens with one attached hydrogen (secondary N) is 1. The maximum atomic E-state index is 9.65. The standard InChI is InChI=1S/C8H12ClN3O/c1-12-8(5(9)4-11-12)7-6(13)2-3-10-7/h4,6-7,10,13H,2-3H2,1H3. The summed E-state index contributed by atoms with van der Waals surface area (Å²) in [7, 11) is 1.83. The Morgan fingerprint density at radius 1 is 1.77 bits per heavy atom. The van der Waals surface area contributed by atoms with Gasteiger partial charge in [-0.1, -0.05) is 11.6 Å². The molecule has 0 amide bonds. The Labute approximate surface area is 81.5 Å². The summed E-state index contributed by atoms with van der Waals surface area (Å²) in [4.78, 5) is 0. The van der Waals surface area contributed by atoms with Crippen LogP contribution < -0.4 is 5.32 Å². The van der Waals surface area contributed by atoms with Crippen LogP contribution in [-0.2, 0) is 7.05 Å². The van der Waals surface area contributed by atoms with E-state index in [0.29, 0.717) is 5.02 Å². The molecule has 1 saturated heterocycles. The van der Waals surface area contributed by atoms with Crippen molar-refractivity contribution in [1.82, 2.24) is 15.1 Å². The third-order valence-corrected chi connectivity index (χ3v) is 2.71. The molecule has 0 bridgehead atoms. The molecule has 2 heterocycles. The highest BCUT2D eigenvalue weighted by Crippen LogP contribution is 2.28. The van der Waals surface area contributed by atoms with E-state index < -0.39 is 0 Å². The van der Waals surface area contributed by atoms with Crippen LogP contribution in [0.1, 0.15) is 18.2 Å². The fourth-order valence-electron chi connectivity index (χ4n) is 1.74. The monoisotopic (exact) mass is 201 g/mol. The summed E-state index contributed by atoms with van der Waals surface area (Å²) in [5, 5.41) is 17.5. The Bertz CT molecular complexity index is 293. The largest absolute Gasteiger partial charge is 0.391 e. The minimum absolute atomic E-state index is 0.0694. The first kappa shape index (κ1) is 8.99. The molecule has 1 aromatic rings. The first-order valence-electron chi connectivity index (χ1n) is 4.29. The smallest absolute Gasteiger partial charge is 0.0835 e. The molecule has 5 heteroatoms. The summed E-state index contributed by atoms with van der Waals surface area (Å²) < 4.78 is 1.70. The molecule has 2 unspecified atom stereocenters. The van der Waals surface area contributed by atoms with E-state index in [-0.39, 0.29) is 12.1 Å². The van der Waals surface area contributed by atoms with Gasteiger partial charge < -0.3 is 10.4 Å². The lowest BCUT2D eigenvalue weighted by Gasteiger charge is -2.15. The van der Waals surface area contributed by atoms with Crippen LogP contribution in [-0.4, -0.2) is 27.5 Å². The summed E-state index contributed by atoms with van der Waals surface area (Å²) in [5.41, 5.74) is 0.867. The van der Waals surface area contributed by atoms with Crippen molar-refractivity contribution < 1.29 is 5.11 Å². The van der Waals surface area contributed by atoms with Crippen molar-refractivity contribution in [2.75, 3.05) is 6.54 Å². The van der Waals surface area contributed by atoms with Gasteiger partial charge in [0.25, 0.3) is 0 Å². The Kier molecular flexibility index (Phi) is 2.27. The van der Waals surface area contributed by atoms with Gasteiger partial charge in [-0.2, -0.15) is 5.10 Å². The average Bonchev–Trinajstić information content (AvgIpc) is 2.60. The Morgan fingerprint density at radius 2 is 2.54 bits per heavy atom. The molecule has 0 spiro atoms. The lowest BCUT2D eigenvalue weighted by atomic mass is 10.1. The van der Waals surface area contributed by atoms with Crippen molar-refractivity contribution in [3.05, 3.63) is 16.9 Å². The number of aliphatic hydroxyl groups is 1. The Hall–Kier alpha value is -0.580. The highest BCUT2D eigenvalue weighted by molar-refractivity contribution is 6.31. The van der Waals surface area contributed by atoms with E-state index in [4.69, 9.17) is 11.6 Å². The van der Waals surface area contributed by atoms with Gasteiger partial charge in [0.15, 0.2) is 0 Å². The first-order valence-corrected chi connectivity index (χ1v) is 4.67. The number of halogens is 1. The zero-order valence-corrected chi connectivity index (χ0v) is 8.12. The fraction of sp³-hybridized carbons (Fsp3) is 0.625. The van der Waals surface area contributed by atoms with E-state index in [9.17, 15) is 5.11 Å². The van der Waals surface area contributed by atoms with Crippen molar-refractivity contribution in [3.8, 4) is 0 Å². The number of aryl methyl sites for hydroxylation is 1. The molecule has 0 saturated carbocycles. The normalized spacial score (nSPS) is 28.2. The van der Waals surface area contributed by atoms with E-state index in [0.717, 1.165) is 18.7 Å². The number of nitrogens with zero attached hydrogens (tertiary/aromatic N) is 2. The molecule has 72 valence electrons. The van der Waals surface area contributed by atoms with Crippen molar-refractivity contribution in [2.45, 2.75) is 18.6 Å². The lowest BCUT2D eigenvalue weighted by Crippen LogP contribution is -2.23. The van der Waals surface area contributed by atoms with Crippen LogP contribution in [0.15, 0.2) is 6.20 Å². The highest BCUT2D eigenvalue weighted by atomic mass is 35.5. The Balaban J connectivity index is 2.33. The lowest BCUT2D eigenvalue weighted by molar-refractivity contribution is 0.156. The maximum absolute atomic E-state index is 9.65. The second-order valence-electron chi connectivity index (χ2n) is 3.29. The Morgan fingerprint density at radius 3 is 3.00 bits per heavy atom. The summed E-state index contributed by atoms with van der Waals surface area (Å²) in [6.45, 7) is 0.827. The van der Waals surface area contributed by atoms with E-state index in [1.54, 1.807) is 10.9 Å². The molecule has 13 heavy (non-hydrogen) atoms. The van der Waals surface area contributed by atoms with Gasteiger partial charge in [0.2, 0.25) is 0 Å². The molecule has 1 aliphatic rings. The van der Waals surface area contributed by atoms with Gasteiger partial charge in [-0.25, -0.2) is 0 Å². The maximum Gasteiger partial charge on any atom is 0.0835 e. The van der Waals surface area contributed by atoms with Gasteiger partial charge in [0.1, 0.15) is 0 Å². The number of aliphatic hydroxyl groups excluding tert-OH is 1. The quantitative estimate of drug-likeness (QED) is 0.695. The van der Waals surface area contributed by atoms with E-state index >= 15 is 0 Å². The van der Waals surface area contributed by atoms with Crippen LogP contribution in [0.2, 0.25) is 5.02 Å². The number of hydrogen-bond donors (Lipinski definition) is 2. The molecule has 1 aromatic heterocycles. The van der Waals surface area contributed by atoms with Gasteiger partial charge in [0.05, 0.1) is 29.1 Å². The molecule has 0 aromatic carbocycles. The second kappa shape index (κ2) is 3.29. The molecule has 2 N–H and O–H groups in total. The van der Waals surface area contributed by atoms with Crippen molar-refractivity contribution in [2.24, 2.45) is 7.05 Å². The number of hydrogen-bond acceptors (Lipinski definition) is 3. The van der Waals surface area contributed by atoms with Crippen LogP contribution in [0.4, 0.5) is 0 Å². The van der Waals surface area contributed by atoms with Crippen LogP contribution >= 0.6 is 11.6 Å². The minimum atomic E-state index is -0.354. The van der Waals surface area contributed by atoms with Crippen LogP contribution in [0.25, 0.3) is 0 Å². The van der Waals surface area contributed by atoms with Crippen LogP contribution in [0.3, 0.4) is 0 Å². The zero-order chi connectivity index (χ0) is 9.42. The van der Waals surface area contributed by atoms with E-state index in [2.05, 4.69) is 10.4 Å². The van der Waals surface area contributed by atoms with Gasteiger partial charge in [0, 0.05) is 7.05 Å². The summed E-state index contributed by atoms with van der Waals surface area (Å²) >= 11 is 5.96.